The number of hydrogen-bond donors (Lipinski definition) is 2. The Bertz CT molecular complexity index is 1710. The van der Waals surface area contributed by atoms with E-state index in [-0.39, 0.29) is 34.6 Å². The minimum absolute atomic E-state index is 0.0139. The van der Waals surface area contributed by atoms with Crippen molar-refractivity contribution in [2.45, 2.75) is 64.3 Å². The smallest absolute Gasteiger partial charge is 0.341 e. The summed E-state index contributed by atoms with van der Waals surface area (Å²) in [6.07, 6.45) is 9.06. The predicted octanol–water partition coefficient (Wildman–Crippen LogP) is 4.61. The highest BCUT2D eigenvalue weighted by atomic mass is 32.1. The van der Waals surface area contributed by atoms with Crippen molar-refractivity contribution in [2.75, 3.05) is 11.9 Å². The maximum Gasteiger partial charge on any atom is 0.341 e. The summed E-state index contributed by atoms with van der Waals surface area (Å²) in [5.74, 6) is -0.966. The average molecular weight is 532 g/mol. The van der Waals surface area contributed by atoms with Crippen molar-refractivity contribution in [3.63, 3.8) is 0 Å². The number of aromatic nitrogens is 3. The summed E-state index contributed by atoms with van der Waals surface area (Å²) in [6, 6.07) is 6.80. The van der Waals surface area contributed by atoms with Gasteiger partial charge in [0.05, 0.1) is 23.1 Å². The number of ether oxygens (including phenoxy) is 1. The molecule has 196 valence electrons. The van der Waals surface area contributed by atoms with E-state index in [1.165, 1.54) is 21.8 Å². The van der Waals surface area contributed by atoms with Gasteiger partial charge in [0.2, 0.25) is 0 Å². The van der Waals surface area contributed by atoms with Gasteiger partial charge in [-0.3, -0.25) is 19.4 Å². The zero-order valence-corrected chi connectivity index (χ0v) is 22.0. The number of nitrogens with zero attached hydrogens (tertiary/aromatic N) is 3. The largest absolute Gasteiger partial charge is 0.462 e. The molecule has 9 nitrogen and oxygen atoms in total. The number of carbonyl (C=O) groups is 2. The summed E-state index contributed by atoms with van der Waals surface area (Å²) in [5.41, 5.74) is 2.11. The van der Waals surface area contributed by atoms with Crippen molar-refractivity contribution in [3.05, 3.63) is 67.9 Å². The van der Waals surface area contributed by atoms with Gasteiger partial charge in [0, 0.05) is 17.1 Å². The SMILES string of the molecule is CCOC(=O)c1c(NC(=O)c2cc3c(=O)n4ccccc4nc3n(C3CCCC3)c2=N)sc2c1CCCC2. The number of aryl methyl sites for hydroxylation is 1. The molecule has 0 atom stereocenters. The first kappa shape index (κ1) is 24.5. The molecule has 1 fully saturated rings. The van der Waals surface area contributed by atoms with E-state index >= 15 is 0 Å². The van der Waals surface area contributed by atoms with Gasteiger partial charge in [-0.25, -0.2) is 9.78 Å². The molecule has 0 unspecified atom stereocenters. The predicted molar refractivity (Wildman–Crippen MR) is 145 cm³/mol. The van der Waals surface area contributed by atoms with Crippen LogP contribution < -0.4 is 16.4 Å². The maximum atomic E-state index is 13.7. The summed E-state index contributed by atoms with van der Waals surface area (Å²) in [7, 11) is 0. The monoisotopic (exact) mass is 531 g/mol. The summed E-state index contributed by atoms with van der Waals surface area (Å²) in [4.78, 5) is 46.0. The molecule has 38 heavy (non-hydrogen) atoms. The molecular formula is C28H29N5O4S. The number of carbonyl (C=O) groups excluding carboxylic acids is 2. The molecule has 0 saturated heterocycles. The Morgan fingerprint density at radius 1 is 1.18 bits per heavy atom. The summed E-state index contributed by atoms with van der Waals surface area (Å²) in [5, 5.41) is 12.7. The van der Waals surface area contributed by atoms with Gasteiger partial charge < -0.3 is 14.6 Å². The van der Waals surface area contributed by atoms with Gasteiger partial charge in [-0.05, 0) is 69.2 Å². The van der Waals surface area contributed by atoms with E-state index < -0.39 is 11.9 Å². The third-order valence-electron chi connectivity index (χ3n) is 7.57. The van der Waals surface area contributed by atoms with E-state index in [2.05, 4.69) is 5.32 Å². The van der Waals surface area contributed by atoms with Gasteiger partial charge in [-0.15, -0.1) is 11.3 Å². The van der Waals surface area contributed by atoms with Gasteiger partial charge >= 0.3 is 5.97 Å². The number of rotatable bonds is 5. The number of fused-ring (bicyclic) bond motifs is 3. The van der Waals surface area contributed by atoms with E-state index in [0.717, 1.165) is 61.8 Å². The second kappa shape index (κ2) is 9.83. The van der Waals surface area contributed by atoms with Crippen LogP contribution in [0, 0.1) is 5.41 Å². The fourth-order valence-corrected chi connectivity index (χ4v) is 7.06. The lowest BCUT2D eigenvalue weighted by Gasteiger charge is -2.19. The Morgan fingerprint density at radius 3 is 2.76 bits per heavy atom. The third-order valence-corrected chi connectivity index (χ3v) is 8.78. The molecule has 0 spiro atoms. The highest BCUT2D eigenvalue weighted by Crippen LogP contribution is 2.39. The molecule has 10 heteroatoms. The molecule has 2 aliphatic rings. The van der Waals surface area contributed by atoms with E-state index in [0.29, 0.717) is 21.9 Å². The zero-order chi connectivity index (χ0) is 26.4. The van der Waals surface area contributed by atoms with Crippen LogP contribution in [0.2, 0.25) is 0 Å². The van der Waals surface area contributed by atoms with E-state index in [9.17, 15) is 14.4 Å². The molecule has 2 N–H and O–H groups in total. The Kier molecular flexibility index (Phi) is 6.35. The van der Waals surface area contributed by atoms with Crippen molar-refractivity contribution in [1.82, 2.24) is 14.0 Å². The maximum absolute atomic E-state index is 13.7. The lowest BCUT2D eigenvalue weighted by atomic mass is 9.95. The molecule has 4 heterocycles. The second-order valence-corrected chi connectivity index (χ2v) is 11.0. The minimum Gasteiger partial charge on any atom is -0.462 e. The number of esters is 1. The Morgan fingerprint density at radius 2 is 1.97 bits per heavy atom. The molecule has 0 radical (unpaired) electrons. The Labute approximate surface area is 222 Å². The third kappa shape index (κ3) is 4.03. The van der Waals surface area contributed by atoms with Crippen LogP contribution in [0.3, 0.4) is 0 Å². The van der Waals surface area contributed by atoms with Crippen molar-refractivity contribution in [2.24, 2.45) is 0 Å². The molecule has 1 saturated carbocycles. The number of pyridine rings is 2. The van der Waals surface area contributed by atoms with Crippen LogP contribution >= 0.6 is 11.3 Å². The first-order valence-corrected chi connectivity index (χ1v) is 14.0. The molecule has 0 aliphatic heterocycles. The number of anilines is 1. The molecule has 4 aromatic heterocycles. The van der Waals surface area contributed by atoms with Crippen molar-refractivity contribution < 1.29 is 14.3 Å². The summed E-state index contributed by atoms with van der Waals surface area (Å²) in [6.45, 7) is 2.00. The lowest BCUT2D eigenvalue weighted by molar-refractivity contribution is 0.0526. The van der Waals surface area contributed by atoms with Crippen molar-refractivity contribution in [3.8, 4) is 0 Å². The minimum atomic E-state index is -0.523. The fraction of sp³-hybridized carbons (Fsp3) is 0.393. The lowest BCUT2D eigenvalue weighted by Crippen LogP contribution is -2.33. The number of thiophene rings is 1. The molecule has 4 aromatic rings. The van der Waals surface area contributed by atoms with Gasteiger partial charge in [-0.2, -0.15) is 0 Å². The zero-order valence-electron chi connectivity index (χ0n) is 21.2. The molecule has 0 aromatic carbocycles. The molecule has 2 aliphatic carbocycles. The van der Waals surface area contributed by atoms with Gasteiger partial charge in [0.15, 0.2) is 0 Å². The molecule has 0 bridgehead atoms. The topological polar surface area (TPSA) is 119 Å². The van der Waals surface area contributed by atoms with Crippen LogP contribution in [0.5, 0.6) is 0 Å². The number of amides is 1. The summed E-state index contributed by atoms with van der Waals surface area (Å²) >= 11 is 1.40. The second-order valence-electron chi connectivity index (χ2n) is 9.89. The first-order chi connectivity index (χ1) is 18.5. The van der Waals surface area contributed by atoms with E-state index in [1.807, 2.05) is 6.07 Å². The van der Waals surface area contributed by atoms with Crippen LogP contribution in [0.4, 0.5) is 5.00 Å². The Hall–Kier alpha value is -3.79. The van der Waals surface area contributed by atoms with Crippen LogP contribution in [-0.2, 0) is 17.6 Å². The molecular weight excluding hydrogens is 502 g/mol. The standard InChI is InChI=1S/C28H29N5O4S/c1-2-37-28(36)22-17-11-5-6-12-20(17)38-26(22)31-25(34)18-15-19-24(33(23(18)29)16-9-3-4-10-16)30-21-13-7-8-14-32(21)27(19)35/h7-8,13-16,29H,2-6,9-12H2,1H3,(H,31,34). The number of nitrogens with one attached hydrogen (secondary N) is 2. The highest BCUT2D eigenvalue weighted by molar-refractivity contribution is 7.17. The van der Waals surface area contributed by atoms with Crippen LogP contribution in [0.15, 0.2) is 35.3 Å². The highest BCUT2D eigenvalue weighted by Gasteiger charge is 2.29. The average Bonchev–Trinajstić information content (AvgIpc) is 3.56. The van der Waals surface area contributed by atoms with Gasteiger partial charge in [0.25, 0.3) is 11.5 Å². The first-order valence-electron chi connectivity index (χ1n) is 13.2. The van der Waals surface area contributed by atoms with E-state index in [4.69, 9.17) is 15.1 Å². The quantitative estimate of drug-likeness (QED) is 0.288. The van der Waals surface area contributed by atoms with Crippen LogP contribution in [0.25, 0.3) is 16.7 Å². The molecule has 6 rings (SSSR count). The normalized spacial score (nSPS) is 15.6. The van der Waals surface area contributed by atoms with Crippen LogP contribution in [0.1, 0.15) is 82.6 Å². The van der Waals surface area contributed by atoms with Crippen molar-refractivity contribution >= 4 is 44.9 Å². The van der Waals surface area contributed by atoms with E-state index in [1.54, 1.807) is 29.8 Å². The summed E-state index contributed by atoms with van der Waals surface area (Å²) < 4.78 is 8.55. The van der Waals surface area contributed by atoms with Gasteiger partial charge in [0.1, 0.15) is 21.8 Å². The van der Waals surface area contributed by atoms with Gasteiger partial charge in [-0.1, -0.05) is 18.9 Å². The van der Waals surface area contributed by atoms with Crippen molar-refractivity contribution in [1.29, 1.82) is 5.41 Å². The molecule has 1 amide bonds. The number of hydrogen-bond acceptors (Lipinski definition) is 7. The van der Waals surface area contributed by atoms with Crippen LogP contribution in [-0.4, -0.2) is 32.4 Å². The fourth-order valence-electron chi connectivity index (χ4n) is 5.78. The Balaban J connectivity index is 1.51.